The maximum absolute atomic E-state index is 14.1. The zero-order valence-corrected chi connectivity index (χ0v) is 34.8. The van der Waals surface area contributed by atoms with E-state index in [1.54, 1.807) is 16.2 Å². The van der Waals surface area contributed by atoms with Crippen LogP contribution < -0.4 is 10.6 Å². The fourth-order valence-electron chi connectivity index (χ4n) is 7.71. The minimum atomic E-state index is -0.855. The Morgan fingerprint density at radius 2 is 1.64 bits per heavy atom. The molecule has 0 saturated carbocycles. The maximum atomic E-state index is 14.1. The fourth-order valence-corrected chi connectivity index (χ4v) is 8.52. The van der Waals surface area contributed by atoms with Crippen molar-refractivity contribution in [2.45, 2.75) is 111 Å². The summed E-state index contributed by atoms with van der Waals surface area (Å²) in [6.07, 6.45) is 3.39. The monoisotopic (exact) mass is 781 g/mol. The topological polar surface area (TPSA) is 148 Å². The third-order valence-corrected chi connectivity index (χ3v) is 11.9. The number of β-amino-alcohol motifs (C(OH)–C–C–N with tert-alkyl or cyclic N) is 1. The molecule has 0 aliphatic carbocycles. The van der Waals surface area contributed by atoms with E-state index in [0.29, 0.717) is 25.6 Å². The summed E-state index contributed by atoms with van der Waals surface area (Å²) in [5.74, 6) is -0.278. The predicted molar refractivity (Wildman–Crippen MR) is 214 cm³/mol. The SMILES string of the molecule is Cc1ncsc1-c1ccc(CNC(=O)[C@@H]2C[C@@H](O)CN2C(=O)[C@@H](NC(=O)CN2CCC(CCCN3CCN(C(=O)OC(C)(C)C)CC3)CC2)C(C)(C)C)cc1. The molecule has 3 aliphatic rings. The minimum Gasteiger partial charge on any atom is -0.444 e. The Kier molecular flexibility index (Phi) is 14.4. The molecule has 13 nitrogen and oxygen atoms in total. The first-order valence-corrected chi connectivity index (χ1v) is 20.8. The van der Waals surface area contributed by atoms with Crippen LogP contribution in [0.3, 0.4) is 0 Å². The van der Waals surface area contributed by atoms with Crippen molar-refractivity contribution in [1.82, 2.24) is 35.2 Å². The van der Waals surface area contributed by atoms with E-state index in [0.717, 1.165) is 80.1 Å². The van der Waals surface area contributed by atoms with Gasteiger partial charge in [0.05, 0.1) is 28.7 Å². The Morgan fingerprint density at radius 3 is 2.24 bits per heavy atom. The predicted octanol–water partition coefficient (Wildman–Crippen LogP) is 4.27. The van der Waals surface area contributed by atoms with Gasteiger partial charge in [-0.2, -0.15) is 0 Å². The van der Waals surface area contributed by atoms with Gasteiger partial charge in [0, 0.05) is 45.7 Å². The summed E-state index contributed by atoms with van der Waals surface area (Å²) in [4.78, 5) is 66.6. The normalized spacial score (nSPS) is 21.0. The number of aliphatic hydroxyl groups is 1. The Morgan fingerprint density at radius 1 is 0.964 bits per heavy atom. The summed E-state index contributed by atoms with van der Waals surface area (Å²) < 4.78 is 5.52. The molecule has 4 amide bonds. The van der Waals surface area contributed by atoms with Gasteiger partial charge < -0.3 is 30.3 Å². The molecule has 3 fully saturated rings. The Labute approximate surface area is 331 Å². The lowest BCUT2D eigenvalue weighted by atomic mass is 9.85. The first-order chi connectivity index (χ1) is 26.0. The van der Waals surface area contributed by atoms with Gasteiger partial charge in [0.2, 0.25) is 17.7 Å². The van der Waals surface area contributed by atoms with Gasteiger partial charge >= 0.3 is 6.09 Å². The number of carbonyl (C=O) groups excluding carboxylic acids is 4. The van der Waals surface area contributed by atoms with E-state index >= 15 is 0 Å². The van der Waals surface area contributed by atoms with Crippen LogP contribution >= 0.6 is 11.3 Å². The number of likely N-dealkylation sites (tertiary alicyclic amines) is 2. The summed E-state index contributed by atoms with van der Waals surface area (Å²) in [6.45, 7) is 19.7. The highest BCUT2D eigenvalue weighted by Crippen LogP contribution is 2.29. The van der Waals surface area contributed by atoms with E-state index in [1.807, 2.05) is 78.2 Å². The number of hydrogen-bond acceptors (Lipinski definition) is 10. The second-order valence-corrected chi connectivity index (χ2v) is 18.5. The number of rotatable bonds is 12. The van der Waals surface area contributed by atoms with Gasteiger partial charge in [-0.1, -0.05) is 45.0 Å². The number of amides is 4. The largest absolute Gasteiger partial charge is 0.444 e. The number of benzene rings is 1. The third kappa shape index (κ3) is 12.2. The number of nitrogens with zero attached hydrogens (tertiary/aromatic N) is 5. The zero-order valence-electron chi connectivity index (χ0n) is 33.9. The van der Waals surface area contributed by atoms with Crippen molar-refractivity contribution in [2.75, 3.05) is 58.9 Å². The van der Waals surface area contributed by atoms with E-state index in [4.69, 9.17) is 4.74 Å². The Balaban J connectivity index is 1.04. The van der Waals surface area contributed by atoms with E-state index < -0.39 is 29.2 Å². The molecule has 14 heteroatoms. The quantitative estimate of drug-likeness (QED) is 0.287. The molecule has 3 aliphatic heterocycles. The number of thiazole rings is 1. The highest BCUT2D eigenvalue weighted by Gasteiger charge is 2.44. The highest BCUT2D eigenvalue weighted by atomic mass is 32.1. The van der Waals surface area contributed by atoms with Gasteiger partial charge in [-0.05, 0) is 95.5 Å². The lowest BCUT2D eigenvalue weighted by Crippen LogP contribution is -2.58. The molecule has 5 rings (SSSR count). The number of nitrogens with one attached hydrogen (secondary N) is 2. The summed E-state index contributed by atoms with van der Waals surface area (Å²) in [6, 6.07) is 6.28. The van der Waals surface area contributed by atoms with Crippen LogP contribution in [0.25, 0.3) is 10.4 Å². The Hall–Kier alpha value is -3.59. The molecular formula is C41H63N7O6S. The molecule has 1 aromatic carbocycles. The molecule has 0 radical (unpaired) electrons. The first-order valence-electron chi connectivity index (χ1n) is 19.9. The number of ether oxygens (including phenoxy) is 1. The maximum Gasteiger partial charge on any atom is 0.410 e. The van der Waals surface area contributed by atoms with Crippen LogP contribution in [0.5, 0.6) is 0 Å². The van der Waals surface area contributed by atoms with Crippen LogP contribution in [0, 0.1) is 18.3 Å². The molecule has 0 bridgehead atoms. The van der Waals surface area contributed by atoms with Gasteiger partial charge in [-0.15, -0.1) is 11.3 Å². The molecule has 3 N–H and O–H groups in total. The molecule has 0 spiro atoms. The van der Waals surface area contributed by atoms with Gasteiger partial charge in [0.1, 0.15) is 17.7 Å². The number of aromatic nitrogens is 1. The van der Waals surface area contributed by atoms with Crippen LogP contribution in [0.4, 0.5) is 4.79 Å². The number of aryl methyl sites for hydroxylation is 1. The van der Waals surface area contributed by atoms with Crippen molar-refractivity contribution in [2.24, 2.45) is 11.3 Å². The van der Waals surface area contributed by atoms with E-state index in [9.17, 15) is 24.3 Å². The van der Waals surface area contributed by atoms with E-state index in [-0.39, 0.29) is 43.3 Å². The average molecular weight is 782 g/mol. The number of piperazine rings is 1. The lowest BCUT2D eigenvalue weighted by Gasteiger charge is -2.37. The van der Waals surface area contributed by atoms with Gasteiger partial charge in [-0.25, -0.2) is 9.78 Å². The molecule has 4 heterocycles. The first kappa shape index (κ1) is 42.6. The highest BCUT2D eigenvalue weighted by molar-refractivity contribution is 7.13. The van der Waals surface area contributed by atoms with Crippen LogP contribution in [0.2, 0.25) is 0 Å². The second kappa shape index (κ2) is 18.6. The molecular weight excluding hydrogens is 719 g/mol. The standard InChI is InChI=1S/C41H63N7O6S/c1-28-35(55-27-43-28)31-12-10-30(11-13-31)24-42-37(51)33-23-32(49)25-48(33)38(52)36(40(2,3)4)44-34(50)26-46-17-14-29(15-18-46)9-8-16-45-19-21-47(22-20-45)39(53)54-41(5,6)7/h10-13,27,29,32-33,36,49H,8-9,14-26H2,1-7H3,(H,42,51)(H,44,50)/t32-,33+,36-/m1/s1. The van der Waals surface area contributed by atoms with Crippen molar-refractivity contribution in [3.05, 3.63) is 41.0 Å². The average Bonchev–Trinajstić information content (AvgIpc) is 3.74. The molecule has 3 atom stereocenters. The van der Waals surface area contributed by atoms with Crippen molar-refractivity contribution < 1.29 is 29.0 Å². The van der Waals surface area contributed by atoms with Crippen molar-refractivity contribution >= 4 is 35.2 Å². The molecule has 304 valence electrons. The van der Waals surface area contributed by atoms with Crippen LogP contribution in [0.15, 0.2) is 29.8 Å². The van der Waals surface area contributed by atoms with Crippen molar-refractivity contribution in [3.8, 4) is 10.4 Å². The van der Waals surface area contributed by atoms with Crippen LogP contribution in [0.1, 0.15) is 84.9 Å². The second-order valence-electron chi connectivity index (χ2n) is 17.6. The number of carbonyl (C=O) groups is 4. The van der Waals surface area contributed by atoms with E-state index in [1.165, 1.54) is 4.90 Å². The van der Waals surface area contributed by atoms with Crippen molar-refractivity contribution in [1.29, 1.82) is 0 Å². The smallest absolute Gasteiger partial charge is 0.410 e. The van der Waals surface area contributed by atoms with Crippen LogP contribution in [-0.2, 0) is 25.7 Å². The summed E-state index contributed by atoms with van der Waals surface area (Å²) in [7, 11) is 0. The molecule has 0 unspecified atom stereocenters. The molecule has 3 saturated heterocycles. The Bertz CT molecular complexity index is 1600. The van der Waals surface area contributed by atoms with Crippen LogP contribution in [-0.4, -0.2) is 136 Å². The van der Waals surface area contributed by atoms with Crippen molar-refractivity contribution in [3.63, 3.8) is 0 Å². The molecule has 55 heavy (non-hydrogen) atoms. The summed E-state index contributed by atoms with van der Waals surface area (Å²) in [5.41, 5.74) is 3.70. The zero-order chi connectivity index (χ0) is 39.9. The van der Waals surface area contributed by atoms with Gasteiger partial charge in [0.15, 0.2) is 0 Å². The number of piperidine rings is 1. The number of hydrogen-bond donors (Lipinski definition) is 3. The lowest BCUT2D eigenvalue weighted by molar-refractivity contribution is -0.144. The minimum absolute atomic E-state index is 0.0397. The fraction of sp³-hybridized carbons (Fsp3) is 0.683. The molecule has 1 aromatic heterocycles. The summed E-state index contributed by atoms with van der Waals surface area (Å²) >= 11 is 1.59. The van der Waals surface area contributed by atoms with Gasteiger partial charge in [0.25, 0.3) is 0 Å². The van der Waals surface area contributed by atoms with Gasteiger partial charge in [-0.3, -0.25) is 24.2 Å². The third-order valence-electron chi connectivity index (χ3n) is 10.9. The summed E-state index contributed by atoms with van der Waals surface area (Å²) in [5, 5.41) is 16.6. The van der Waals surface area contributed by atoms with E-state index in [2.05, 4.69) is 25.4 Å². The number of aliphatic hydroxyl groups excluding tert-OH is 1. The molecule has 2 aromatic rings.